The molecule has 2 saturated carbocycles. The van der Waals surface area contributed by atoms with Gasteiger partial charge in [0, 0.05) is 18.6 Å². The molecule has 0 radical (unpaired) electrons. The highest BCUT2D eigenvalue weighted by Gasteiger charge is 2.45. The second-order valence-corrected chi connectivity index (χ2v) is 8.38. The van der Waals surface area contributed by atoms with Gasteiger partial charge in [-0.3, -0.25) is 4.90 Å². The molecule has 2 aliphatic heterocycles. The summed E-state index contributed by atoms with van der Waals surface area (Å²) in [7, 11) is 0. The highest BCUT2D eigenvalue weighted by Crippen LogP contribution is 2.45. The molecule has 2 aliphatic carbocycles. The number of hydrogen-bond acceptors (Lipinski definition) is 2. The van der Waals surface area contributed by atoms with Gasteiger partial charge >= 0.3 is 0 Å². The molecule has 19 heavy (non-hydrogen) atoms. The SMILES string of the molecule is CC(C)(C)C1CCC(O)CC1N1CC2CCC1CC2. The van der Waals surface area contributed by atoms with E-state index in [1.165, 1.54) is 38.6 Å². The van der Waals surface area contributed by atoms with E-state index in [0.717, 1.165) is 30.7 Å². The summed E-state index contributed by atoms with van der Waals surface area (Å²) < 4.78 is 0. The predicted octanol–water partition coefficient (Wildman–Crippen LogP) is 3.44. The van der Waals surface area contributed by atoms with Crippen LogP contribution in [0.5, 0.6) is 0 Å². The summed E-state index contributed by atoms with van der Waals surface area (Å²) in [5.41, 5.74) is 0.376. The second kappa shape index (κ2) is 5.04. The number of aliphatic hydroxyl groups excluding tert-OH is 1. The minimum atomic E-state index is -0.0518. The first-order valence-electron chi connectivity index (χ1n) is 8.39. The van der Waals surface area contributed by atoms with Gasteiger partial charge in [0.2, 0.25) is 0 Å². The van der Waals surface area contributed by atoms with Crippen LogP contribution in [0.3, 0.4) is 0 Å². The fourth-order valence-corrected chi connectivity index (χ4v) is 5.01. The first-order valence-corrected chi connectivity index (χ1v) is 8.39. The topological polar surface area (TPSA) is 23.5 Å². The van der Waals surface area contributed by atoms with Crippen molar-refractivity contribution in [2.45, 2.75) is 83.9 Å². The summed E-state index contributed by atoms with van der Waals surface area (Å²) in [5.74, 6) is 1.71. The molecule has 2 nitrogen and oxygen atoms in total. The molecular formula is C17H31NO. The Morgan fingerprint density at radius 3 is 2.16 bits per heavy atom. The van der Waals surface area contributed by atoms with Crippen molar-refractivity contribution < 1.29 is 5.11 Å². The highest BCUT2D eigenvalue weighted by molar-refractivity contribution is 4.98. The number of aliphatic hydroxyl groups is 1. The average molecular weight is 265 g/mol. The van der Waals surface area contributed by atoms with Crippen LogP contribution < -0.4 is 0 Å². The Morgan fingerprint density at radius 1 is 0.947 bits per heavy atom. The summed E-state index contributed by atoms with van der Waals surface area (Å²) in [6.07, 6.45) is 8.92. The molecule has 2 saturated heterocycles. The lowest BCUT2D eigenvalue weighted by molar-refractivity contribution is -0.0679. The number of piperidine rings is 2. The maximum atomic E-state index is 10.1. The zero-order chi connectivity index (χ0) is 13.6. The van der Waals surface area contributed by atoms with Crippen molar-refractivity contribution in [1.29, 1.82) is 0 Å². The second-order valence-electron chi connectivity index (χ2n) is 8.38. The first kappa shape index (κ1) is 13.9. The van der Waals surface area contributed by atoms with Crippen molar-refractivity contribution in [1.82, 2.24) is 4.90 Å². The van der Waals surface area contributed by atoms with Crippen LogP contribution in [-0.4, -0.2) is 34.7 Å². The van der Waals surface area contributed by atoms with Crippen molar-refractivity contribution in [3.05, 3.63) is 0 Å². The van der Waals surface area contributed by atoms with E-state index in [1.54, 1.807) is 0 Å². The van der Waals surface area contributed by atoms with Crippen LogP contribution >= 0.6 is 0 Å². The van der Waals surface area contributed by atoms with Crippen LogP contribution in [0, 0.1) is 17.3 Å². The zero-order valence-electron chi connectivity index (χ0n) is 12.9. The maximum Gasteiger partial charge on any atom is 0.0555 e. The van der Waals surface area contributed by atoms with Crippen LogP contribution in [0.15, 0.2) is 0 Å². The van der Waals surface area contributed by atoms with Gasteiger partial charge in [-0.25, -0.2) is 0 Å². The van der Waals surface area contributed by atoms with Crippen molar-refractivity contribution in [3.63, 3.8) is 0 Å². The summed E-state index contributed by atoms with van der Waals surface area (Å²) in [5, 5.41) is 10.1. The van der Waals surface area contributed by atoms with Gasteiger partial charge < -0.3 is 5.11 Å². The van der Waals surface area contributed by atoms with Crippen LogP contribution in [-0.2, 0) is 0 Å². The normalized spacial score (nSPS) is 44.5. The van der Waals surface area contributed by atoms with Gasteiger partial charge in [0.25, 0.3) is 0 Å². The minimum absolute atomic E-state index is 0.0518. The van der Waals surface area contributed by atoms with E-state index in [9.17, 15) is 5.11 Å². The van der Waals surface area contributed by atoms with E-state index in [2.05, 4.69) is 25.7 Å². The van der Waals surface area contributed by atoms with Gasteiger partial charge in [-0.1, -0.05) is 20.8 Å². The molecule has 0 spiro atoms. The first-order chi connectivity index (χ1) is 8.95. The van der Waals surface area contributed by atoms with E-state index < -0.39 is 0 Å². The van der Waals surface area contributed by atoms with Crippen LogP contribution in [0.25, 0.3) is 0 Å². The van der Waals surface area contributed by atoms with Crippen molar-refractivity contribution in [2.75, 3.05) is 6.54 Å². The predicted molar refractivity (Wildman–Crippen MR) is 79.0 cm³/mol. The molecule has 2 bridgehead atoms. The summed E-state index contributed by atoms with van der Waals surface area (Å²) >= 11 is 0. The minimum Gasteiger partial charge on any atom is -0.393 e. The molecule has 0 amide bonds. The number of rotatable bonds is 1. The van der Waals surface area contributed by atoms with E-state index in [0.29, 0.717) is 11.5 Å². The Balaban J connectivity index is 1.79. The Hall–Kier alpha value is -0.0800. The summed E-state index contributed by atoms with van der Waals surface area (Å²) in [6.45, 7) is 8.49. The molecule has 1 N–H and O–H groups in total. The molecule has 0 aromatic rings. The molecule has 4 aliphatic rings. The molecule has 110 valence electrons. The fraction of sp³-hybridized carbons (Fsp3) is 1.00. The van der Waals surface area contributed by atoms with Crippen molar-refractivity contribution >= 4 is 0 Å². The Kier molecular flexibility index (Phi) is 3.68. The lowest BCUT2D eigenvalue weighted by Gasteiger charge is -2.54. The van der Waals surface area contributed by atoms with E-state index in [4.69, 9.17) is 0 Å². The van der Waals surface area contributed by atoms with Crippen LogP contribution in [0.2, 0.25) is 0 Å². The molecule has 0 aromatic carbocycles. The molecule has 2 heteroatoms. The Bertz CT molecular complexity index is 314. The van der Waals surface area contributed by atoms with Gasteiger partial charge in [-0.2, -0.15) is 0 Å². The molecule has 2 heterocycles. The standard InChI is InChI=1S/C17H31NO/c1-17(2,3)15-9-8-14(19)10-16(15)18-11-12-4-6-13(18)7-5-12/h12-16,19H,4-11H2,1-3H3. The Morgan fingerprint density at radius 2 is 1.63 bits per heavy atom. The third-order valence-electron chi connectivity index (χ3n) is 6.08. The molecular weight excluding hydrogens is 234 g/mol. The number of hydrogen-bond donors (Lipinski definition) is 1. The molecule has 4 rings (SSSR count). The van der Waals surface area contributed by atoms with Gasteiger partial charge in [0.1, 0.15) is 0 Å². The van der Waals surface area contributed by atoms with Crippen molar-refractivity contribution in [3.8, 4) is 0 Å². The number of nitrogens with zero attached hydrogens (tertiary/aromatic N) is 1. The largest absolute Gasteiger partial charge is 0.393 e. The highest BCUT2D eigenvalue weighted by atomic mass is 16.3. The lowest BCUT2D eigenvalue weighted by atomic mass is 9.66. The molecule has 3 atom stereocenters. The van der Waals surface area contributed by atoms with Gasteiger partial charge in [-0.15, -0.1) is 0 Å². The van der Waals surface area contributed by atoms with Crippen LogP contribution in [0.4, 0.5) is 0 Å². The smallest absolute Gasteiger partial charge is 0.0555 e. The van der Waals surface area contributed by atoms with Crippen LogP contribution in [0.1, 0.15) is 65.7 Å². The van der Waals surface area contributed by atoms with Gasteiger partial charge in [0.05, 0.1) is 6.10 Å². The zero-order valence-corrected chi connectivity index (χ0v) is 12.9. The summed E-state index contributed by atoms with van der Waals surface area (Å²) in [6, 6.07) is 1.46. The van der Waals surface area contributed by atoms with Gasteiger partial charge in [-0.05, 0) is 62.2 Å². The molecule has 4 fully saturated rings. The fourth-order valence-electron chi connectivity index (χ4n) is 5.01. The van der Waals surface area contributed by atoms with E-state index in [1.807, 2.05) is 0 Å². The van der Waals surface area contributed by atoms with Gasteiger partial charge in [0.15, 0.2) is 0 Å². The monoisotopic (exact) mass is 265 g/mol. The van der Waals surface area contributed by atoms with E-state index in [-0.39, 0.29) is 6.10 Å². The Labute approximate surface area is 118 Å². The lowest BCUT2D eigenvalue weighted by Crippen LogP contribution is -2.58. The molecule has 3 unspecified atom stereocenters. The molecule has 0 aromatic heterocycles. The third kappa shape index (κ3) is 2.71. The van der Waals surface area contributed by atoms with Crippen molar-refractivity contribution in [2.24, 2.45) is 17.3 Å². The van der Waals surface area contributed by atoms with E-state index >= 15 is 0 Å². The number of fused-ring (bicyclic) bond motifs is 3. The quantitative estimate of drug-likeness (QED) is 0.785. The third-order valence-corrected chi connectivity index (χ3v) is 6.08. The maximum absolute atomic E-state index is 10.1. The average Bonchev–Trinajstić information content (AvgIpc) is 2.38. The summed E-state index contributed by atoms with van der Waals surface area (Å²) in [4.78, 5) is 2.82.